The first kappa shape index (κ1) is 10.8. The molecule has 0 aliphatic rings. The SMILES string of the molecule is CC(=O)c1ccc[c]([Zn+])c1.[Cl-]. The van der Waals surface area contributed by atoms with Crippen molar-refractivity contribution in [2.45, 2.75) is 6.92 Å². The second kappa shape index (κ2) is 4.63. The molecule has 0 unspecified atom stereocenters. The first-order valence-corrected chi connectivity index (χ1v) is 4.61. The zero-order valence-corrected chi connectivity index (χ0v) is 10.0. The van der Waals surface area contributed by atoms with E-state index in [4.69, 9.17) is 0 Å². The van der Waals surface area contributed by atoms with Crippen LogP contribution in [0.15, 0.2) is 24.3 Å². The molecule has 0 fully saturated rings. The first-order chi connectivity index (χ1) is 4.70. The fraction of sp³-hybridized carbons (Fsp3) is 0.125. The zero-order chi connectivity index (χ0) is 7.56. The average Bonchev–Trinajstić information content (AvgIpc) is 1.88. The molecule has 0 amide bonds. The molecule has 0 bridgehead atoms. The van der Waals surface area contributed by atoms with Crippen molar-refractivity contribution < 1.29 is 35.5 Å². The van der Waals surface area contributed by atoms with E-state index in [0.29, 0.717) is 0 Å². The van der Waals surface area contributed by atoms with Crippen LogP contribution in [0.3, 0.4) is 0 Å². The van der Waals surface area contributed by atoms with E-state index in [1.165, 1.54) is 4.16 Å². The van der Waals surface area contributed by atoms with E-state index in [9.17, 15) is 4.79 Å². The van der Waals surface area contributed by atoms with E-state index < -0.39 is 0 Å². The second-order valence-electron chi connectivity index (χ2n) is 2.26. The smallest absolute Gasteiger partial charge is 1.00 e. The minimum absolute atomic E-state index is 0. The average molecular weight is 220 g/mol. The van der Waals surface area contributed by atoms with Gasteiger partial charge in [-0.05, 0) is 0 Å². The van der Waals surface area contributed by atoms with Crippen molar-refractivity contribution in [3.63, 3.8) is 0 Å². The van der Waals surface area contributed by atoms with Gasteiger partial charge < -0.3 is 12.4 Å². The van der Waals surface area contributed by atoms with Crippen LogP contribution < -0.4 is 16.6 Å². The Bertz CT molecular complexity index is 260. The molecule has 0 radical (unpaired) electrons. The standard InChI is InChI=1S/C8H7O.ClH.Zn/c1-7(9)8-5-3-2-4-6-8;;/h2-3,5-6H,1H3;1H;/q;;+1/p-1. The van der Waals surface area contributed by atoms with Crippen LogP contribution in [0.25, 0.3) is 0 Å². The predicted octanol–water partition coefficient (Wildman–Crippen LogP) is -1.93. The minimum atomic E-state index is 0. The maximum atomic E-state index is 10.8. The zero-order valence-electron chi connectivity index (χ0n) is 6.30. The van der Waals surface area contributed by atoms with Crippen molar-refractivity contribution in [2.75, 3.05) is 0 Å². The van der Waals surface area contributed by atoms with Crippen LogP contribution in [0.1, 0.15) is 17.3 Å². The summed E-state index contributed by atoms with van der Waals surface area (Å²) in [7, 11) is 0. The fourth-order valence-electron chi connectivity index (χ4n) is 0.790. The molecule has 0 aliphatic carbocycles. The van der Waals surface area contributed by atoms with Crippen molar-refractivity contribution in [2.24, 2.45) is 0 Å². The number of ketones is 1. The number of carbonyl (C=O) groups excluding carboxylic acids is 1. The quantitative estimate of drug-likeness (QED) is 0.397. The maximum Gasteiger partial charge on any atom is -1.00 e. The molecule has 54 valence electrons. The summed E-state index contributed by atoms with van der Waals surface area (Å²) in [5.41, 5.74) is 0.823. The predicted molar refractivity (Wildman–Crippen MR) is 36.1 cm³/mol. The fourth-order valence-corrected chi connectivity index (χ4v) is 1.54. The van der Waals surface area contributed by atoms with Gasteiger partial charge in [0.2, 0.25) is 0 Å². The molecule has 0 heterocycles. The third-order valence-electron chi connectivity index (χ3n) is 1.33. The number of benzene rings is 1. The molecule has 0 spiro atoms. The Morgan fingerprint density at radius 1 is 1.45 bits per heavy atom. The molecule has 0 aliphatic heterocycles. The number of rotatable bonds is 1. The number of hydrogen-bond acceptors (Lipinski definition) is 1. The number of hydrogen-bond donors (Lipinski definition) is 0. The van der Waals surface area contributed by atoms with Gasteiger partial charge in [0, 0.05) is 0 Å². The van der Waals surface area contributed by atoms with Crippen LogP contribution in [-0.2, 0) is 18.3 Å². The second-order valence-corrected chi connectivity index (χ2v) is 3.97. The van der Waals surface area contributed by atoms with Crippen molar-refractivity contribution in [3.05, 3.63) is 29.8 Å². The van der Waals surface area contributed by atoms with Crippen LogP contribution in [-0.4, -0.2) is 5.78 Å². The Morgan fingerprint density at radius 3 is 2.45 bits per heavy atom. The summed E-state index contributed by atoms with van der Waals surface area (Å²) in [6, 6.07) is 7.76. The minimum Gasteiger partial charge on any atom is -1.00 e. The monoisotopic (exact) mass is 218 g/mol. The summed E-state index contributed by atoms with van der Waals surface area (Å²) < 4.78 is 1.26. The summed E-state index contributed by atoms with van der Waals surface area (Å²) in [5.74, 6) is 0.148. The molecule has 1 nitrogen and oxygen atoms in total. The van der Waals surface area contributed by atoms with Crippen LogP contribution >= 0.6 is 0 Å². The van der Waals surface area contributed by atoms with Gasteiger partial charge in [-0.1, -0.05) is 0 Å². The van der Waals surface area contributed by atoms with Gasteiger partial charge in [-0.25, -0.2) is 0 Å². The number of Topliss-reactive ketones (excluding diaryl/α,β-unsaturated/α-hetero) is 1. The Hall–Kier alpha value is -0.197. The number of carbonyl (C=O) groups is 1. The van der Waals surface area contributed by atoms with E-state index in [0.717, 1.165) is 23.9 Å². The Balaban J connectivity index is 0.000001000. The van der Waals surface area contributed by atoms with Gasteiger partial charge in [0.15, 0.2) is 0 Å². The van der Waals surface area contributed by atoms with E-state index >= 15 is 0 Å². The largest absolute Gasteiger partial charge is 1.00 e. The third kappa shape index (κ3) is 3.13. The van der Waals surface area contributed by atoms with E-state index in [1.807, 2.05) is 24.3 Å². The summed E-state index contributed by atoms with van der Waals surface area (Å²) >= 11 is 1.11. The first-order valence-electron chi connectivity index (χ1n) is 3.13. The maximum absolute atomic E-state index is 10.8. The van der Waals surface area contributed by atoms with Gasteiger partial charge in [-0.3, -0.25) is 0 Å². The van der Waals surface area contributed by atoms with E-state index in [-0.39, 0.29) is 18.2 Å². The van der Waals surface area contributed by atoms with Crippen molar-refractivity contribution in [1.82, 2.24) is 0 Å². The van der Waals surface area contributed by atoms with Crippen LogP contribution in [0.2, 0.25) is 0 Å². The van der Waals surface area contributed by atoms with Gasteiger partial charge in [-0.15, -0.1) is 0 Å². The molecule has 0 atom stereocenters. The molecule has 3 heteroatoms. The van der Waals surface area contributed by atoms with Gasteiger partial charge in [0.05, 0.1) is 0 Å². The van der Waals surface area contributed by atoms with Crippen LogP contribution in [0.4, 0.5) is 0 Å². The van der Waals surface area contributed by atoms with E-state index in [2.05, 4.69) is 0 Å². The molecule has 1 rings (SSSR count). The molecule has 1 aromatic rings. The molecule has 0 saturated carbocycles. The molecular formula is C8H7ClOZn. The molecule has 11 heavy (non-hydrogen) atoms. The van der Waals surface area contributed by atoms with Gasteiger partial charge in [-0.2, -0.15) is 0 Å². The van der Waals surface area contributed by atoms with Gasteiger partial charge in [0.1, 0.15) is 0 Å². The van der Waals surface area contributed by atoms with Crippen molar-refractivity contribution >= 4 is 9.94 Å². The summed E-state index contributed by atoms with van der Waals surface area (Å²) in [5, 5.41) is 0. The van der Waals surface area contributed by atoms with Crippen LogP contribution in [0.5, 0.6) is 0 Å². The van der Waals surface area contributed by atoms with Gasteiger partial charge >= 0.3 is 69.8 Å². The van der Waals surface area contributed by atoms with E-state index in [1.54, 1.807) is 6.92 Å². The van der Waals surface area contributed by atoms with Gasteiger partial charge in [0.25, 0.3) is 0 Å². The Morgan fingerprint density at radius 2 is 2.09 bits per heavy atom. The topological polar surface area (TPSA) is 17.1 Å². The normalized spacial score (nSPS) is 8.64. The number of halogens is 1. The molecule has 0 aromatic heterocycles. The third-order valence-corrected chi connectivity index (χ3v) is 2.26. The summed E-state index contributed by atoms with van der Waals surface area (Å²) in [4.78, 5) is 10.8. The summed E-state index contributed by atoms with van der Waals surface area (Å²) in [6.45, 7) is 1.59. The molecule has 0 saturated heterocycles. The Kier molecular flexibility index (Phi) is 4.55. The molecule has 1 aromatic carbocycles. The Labute approximate surface area is 82.3 Å². The van der Waals surface area contributed by atoms with Crippen LogP contribution in [0, 0.1) is 0 Å². The van der Waals surface area contributed by atoms with Crippen molar-refractivity contribution in [1.29, 1.82) is 0 Å². The molecular weight excluding hydrogens is 213 g/mol. The van der Waals surface area contributed by atoms with Crippen molar-refractivity contribution in [3.8, 4) is 0 Å². The molecule has 0 N–H and O–H groups in total. The summed E-state index contributed by atoms with van der Waals surface area (Å²) in [6.07, 6.45) is 0.